The lowest BCUT2D eigenvalue weighted by molar-refractivity contribution is 0.0632. The van der Waals surface area contributed by atoms with Gasteiger partial charge >= 0.3 is 0 Å². The van der Waals surface area contributed by atoms with Crippen LogP contribution >= 0.6 is 0 Å². The van der Waals surface area contributed by atoms with Crippen LogP contribution in [0.5, 0.6) is 5.88 Å². The number of rotatable bonds is 6. The third-order valence-corrected chi connectivity index (χ3v) is 1.95. The highest BCUT2D eigenvalue weighted by atomic mass is 16.5. The summed E-state index contributed by atoms with van der Waals surface area (Å²) in [5.74, 6) is 2.01. The van der Waals surface area contributed by atoms with E-state index in [2.05, 4.69) is 15.3 Å². The first-order valence-corrected chi connectivity index (χ1v) is 5.43. The van der Waals surface area contributed by atoms with Gasteiger partial charge in [-0.25, -0.2) is 4.98 Å². The van der Waals surface area contributed by atoms with Gasteiger partial charge < -0.3 is 14.8 Å². The zero-order valence-electron chi connectivity index (χ0n) is 10.3. The van der Waals surface area contributed by atoms with E-state index < -0.39 is 0 Å². The van der Waals surface area contributed by atoms with Gasteiger partial charge in [0.15, 0.2) is 0 Å². The summed E-state index contributed by atoms with van der Waals surface area (Å²) in [6.07, 6.45) is -0.0149. The molecule has 1 atom stereocenters. The van der Waals surface area contributed by atoms with Crippen LogP contribution in [-0.2, 0) is 4.74 Å². The number of nitrogens with zero attached hydrogens (tertiary/aromatic N) is 2. The largest absolute Gasteiger partial charge is 0.472 e. The standard InChI is InChI=1S/C11H19N3O2/c1-5-15-7-8(2)16-11-6-10(12-4)13-9(3)14-11/h6,8H,5,7H2,1-4H3,(H,12,13,14). The predicted octanol–water partition coefficient (Wildman–Crippen LogP) is 1.63. The zero-order valence-corrected chi connectivity index (χ0v) is 10.3. The summed E-state index contributed by atoms with van der Waals surface area (Å²) in [6, 6.07) is 1.77. The SMILES string of the molecule is CCOCC(C)Oc1cc(NC)nc(C)n1. The Hall–Kier alpha value is -1.36. The topological polar surface area (TPSA) is 56.3 Å². The van der Waals surface area contributed by atoms with Gasteiger partial charge in [-0.2, -0.15) is 4.98 Å². The number of hydrogen-bond acceptors (Lipinski definition) is 5. The summed E-state index contributed by atoms with van der Waals surface area (Å²) in [6.45, 7) is 7.00. The fourth-order valence-electron chi connectivity index (χ4n) is 1.25. The molecule has 5 heteroatoms. The first kappa shape index (κ1) is 12.7. The molecule has 0 aliphatic heterocycles. The molecule has 16 heavy (non-hydrogen) atoms. The van der Waals surface area contributed by atoms with E-state index in [1.807, 2.05) is 27.8 Å². The number of hydrogen-bond donors (Lipinski definition) is 1. The van der Waals surface area contributed by atoms with Crippen LogP contribution < -0.4 is 10.1 Å². The molecule has 0 fully saturated rings. The summed E-state index contributed by atoms with van der Waals surface area (Å²) in [7, 11) is 1.81. The maximum atomic E-state index is 5.62. The third kappa shape index (κ3) is 4.02. The van der Waals surface area contributed by atoms with Crippen LogP contribution in [0.1, 0.15) is 19.7 Å². The molecular formula is C11H19N3O2. The van der Waals surface area contributed by atoms with Crippen molar-refractivity contribution in [1.82, 2.24) is 9.97 Å². The van der Waals surface area contributed by atoms with Gasteiger partial charge in [0, 0.05) is 19.7 Å². The number of ether oxygens (including phenoxy) is 2. The van der Waals surface area contributed by atoms with Crippen molar-refractivity contribution in [2.75, 3.05) is 25.6 Å². The molecule has 1 aromatic rings. The monoisotopic (exact) mass is 225 g/mol. The van der Waals surface area contributed by atoms with E-state index >= 15 is 0 Å². The second-order valence-corrected chi connectivity index (χ2v) is 3.48. The number of aromatic nitrogens is 2. The van der Waals surface area contributed by atoms with Crippen molar-refractivity contribution in [3.8, 4) is 5.88 Å². The van der Waals surface area contributed by atoms with E-state index in [1.165, 1.54) is 0 Å². The molecule has 0 saturated heterocycles. The lowest BCUT2D eigenvalue weighted by Crippen LogP contribution is -2.20. The first-order valence-electron chi connectivity index (χ1n) is 5.43. The van der Waals surface area contributed by atoms with E-state index in [0.29, 0.717) is 24.9 Å². The average molecular weight is 225 g/mol. The Kier molecular flexibility index (Phi) is 4.98. The third-order valence-electron chi connectivity index (χ3n) is 1.95. The van der Waals surface area contributed by atoms with Crippen LogP contribution in [0, 0.1) is 6.92 Å². The van der Waals surface area contributed by atoms with Crippen molar-refractivity contribution in [3.05, 3.63) is 11.9 Å². The van der Waals surface area contributed by atoms with Crippen LogP contribution in [0.3, 0.4) is 0 Å². The molecule has 5 nitrogen and oxygen atoms in total. The van der Waals surface area contributed by atoms with Crippen LogP contribution in [0.25, 0.3) is 0 Å². The van der Waals surface area contributed by atoms with Gasteiger partial charge in [-0.3, -0.25) is 0 Å². The molecule has 0 aliphatic rings. The van der Waals surface area contributed by atoms with Gasteiger partial charge in [-0.1, -0.05) is 0 Å². The molecule has 0 radical (unpaired) electrons. The summed E-state index contributed by atoms with van der Waals surface area (Å²) in [4.78, 5) is 8.39. The first-order chi connectivity index (χ1) is 7.65. The van der Waals surface area contributed by atoms with Crippen molar-refractivity contribution in [2.24, 2.45) is 0 Å². The second-order valence-electron chi connectivity index (χ2n) is 3.48. The highest BCUT2D eigenvalue weighted by Crippen LogP contribution is 2.14. The van der Waals surface area contributed by atoms with Crippen LogP contribution in [0.15, 0.2) is 6.07 Å². The molecule has 0 aromatic carbocycles. The molecule has 1 rings (SSSR count). The van der Waals surface area contributed by atoms with Crippen LogP contribution in [0.2, 0.25) is 0 Å². The van der Waals surface area contributed by atoms with Crippen molar-refractivity contribution in [2.45, 2.75) is 26.9 Å². The Bertz CT molecular complexity index is 331. The van der Waals surface area contributed by atoms with Gasteiger partial charge in [0.25, 0.3) is 0 Å². The van der Waals surface area contributed by atoms with Gasteiger partial charge in [-0.15, -0.1) is 0 Å². The molecule has 0 saturated carbocycles. The maximum absolute atomic E-state index is 5.62. The minimum Gasteiger partial charge on any atom is -0.472 e. The zero-order chi connectivity index (χ0) is 12.0. The second kappa shape index (κ2) is 6.27. The quantitative estimate of drug-likeness (QED) is 0.797. The average Bonchev–Trinajstić information content (AvgIpc) is 2.25. The van der Waals surface area contributed by atoms with Crippen LogP contribution in [-0.4, -0.2) is 36.3 Å². The predicted molar refractivity (Wildman–Crippen MR) is 62.9 cm³/mol. The van der Waals surface area contributed by atoms with E-state index in [1.54, 1.807) is 6.07 Å². The molecule has 1 heterocycles. The van der Waals surface area contributed by atoms with Crippen molar-refractivity contribution in [1.29, 1.82) is 0 Å². The normalized spacial score (nSPS) is 12.2. The van der Waals surface area contributed by atoms with Gasteiger partial charge in [0.05, 0.1) is 6.61 Å². The minimum absolute atomic E-state index is 0.0149. The van der Waals surface area contributed by atoms with Crippen LogP contribution in [0.4, 0.5) is 5.82 Å². The molecule has 1 N–H and O–H groups in total. The maximum Gasteiger partial charge on any atom is 0.219 e. The van der Waals surface area contributed by atoms with E-state index in [9.17, 15) is 0 Å². The summed E-state index contributed by atoms with van der Waals surface area (Å²) in [5.41, 5.74) is 0. The Morgan fingerprint density at radius 2 is 2.19 bits per heavy atom. The molecule has 1 aromatic heterocycles. The molecular weight excluding hydrogens is 206 g/mol. The Morgan fingerprint density at radius 3 is 2.81 bits per heavy atom. The van der Waals surface area contributed by atoms with E-state index in [0.717, 1.165) is 5.82 Å². The summed E-state index contributed by atoms with van der Waals surface area (Å²) < 4.78 is 10.9. The minimum atomic E-state index is -0.0149. The van der Waals surface area contributed by atoms with Gasteiger partial charge in [-0.05, 0) is 20.8 Å². The van der Waals surface area contributed by atoms with Crippen molar-refractivity contribution < 1.29 is 9.47 Å². The molecule has 0 amide bonds. The van der Waals surface area contributed by atoms with Crippen molar-refractivity contribution in [3.63, 3.8) is 0 Å². The van der Waals surface area contributed by atoms with E-state index in [-0.39, 0.29) is 6.10 Å². The molecule has 0 bridgehead atoms. The smallest absolute Gasteiger partial charge is 0.219 e. The van der Waals surface area contributed by atoms with Crippen molar-refractivity contribution >= 4 is 5.82 Å². The molecule has 0 aliphatic carbocycles. The molecule has 0 spiro atoms. The highest BCUT2D eigenvalue weighted by Gasteiger charge is 2.07. The Morgan fingerprint density at radius 1 is 1.44 bits per heavy atom. The molecule has 1 unspecified atom stereocenters. The lowest BCUT2D eigenvalue weighted by atomic mass is 10.4. The Balaban J connectivity index is 2.61. The number of nitrogens with one attached hydrogen (secondary N) is 1. The fraction of sp³-hybridized carbons (Fsp3) is 0.636. The number of aryl methyl sites for hydroxylation is 1. The fourth-order valence-corrected chi connectivity index (χ4v) is 1.25. The number of anilines is 1. The lowest BCUT2D eigenvalue weighted by Gasteiger charge is -2.14. The summed E-state index contributed by atoms with van der Waals surface area (Å²) in [5, 5.41) is 2.96. The Labute approximate surface area is 96.2 Å². The molecule has 90 valence electrons. The van der Waals surface area contributed by atoms with E-state index in [4.69, 9.17) is 9.47 Å². The summed E-state index contributed by atoms with van der Waals surface area (Å²) >= 11 is 0. The van der Waals surface area contributed by atoms with Gasteiger partial charge in [0.2, 0.25) is 5.88 Å². The van der Waals surface area contributed by atoms with Gasteiger partial charge in [0.1, 0.15) is 17.7 Å². The highest BCUT2D eigenvalue weighted by molar-refractivity contribution is 5.37.